The molecule has 1 unspecified atom stereocenters. The highest BCUT2D eigenvalue weighted by Gasteiger charge is 2.29. The maximum Gasteiger partial charge on any atom is 0.223 e. The van der Waals surface area contributed by atoms with Gasteiger partial charge in [-0.3, -0.25) is 14.7 Å². The van der Waals surface area contributed by atoms with Gasteiger partial charge < -0.3 is 20.4 Å². The van der Waals surface area contributed by atoms with Crippen LogP contribution in [-0.4, -0.2) is 56.5 Å². The van der Waals surface area contributed by atoms with Gasteiger partial charge in [-0.2, -0.15) is 0 Å². The fourth-order valence-corrected chi connectivity index (χ4v) is 3.39. The molecule has 0 aromatic carbocycles. The Morgan fingerprint density at radius 3 is 2.65 bits per heavy atom. The van der Waals surface area contributed by atoms with E-state index in [1.807, 2.05) is 12.1 Å². The van der Waals surface area contributed by atoms with Crippen LogP contribution in [-0.2, 0) is 4.79 Å². The topological polar surface area (TPSA) is 81.9 Å². The van der Waals surface area contributed by atoms with Crippen LogP contribution in [0.5, 0.6) is 0 Å². The van der Waals surface area contributed by atoms with Crippen LogP contribution in [0, 0.1) is 5.92 Å². The second-order valence-electron chi connectivity index (χ2n) is 7.07. The summed E-state index contributed by atoms with van der Waals surface area (Å²) in [4.78, 5) is 18.4. The van der Waals surface area contributed by atoms with Gasteiger partial charge in [-0.05, 0) is 50.9 Å². The number of hydrogen-bond donors (Lipinski definition) is 3. The standard InChI is InChI=1S/C19H31N5O2/c1-20-19(22-10-9-21-18(25)15-7-8-15)23-14-16(17-6-5-13-26-17)24-11-3-2-4-12-24/h5-6,13,15-16H,2-4,7-12,14H2,1H3,(H,21,25)(H2,20,22,23). The summed E-state index contributed by atoms with van der Waals surface area (Å²) in [5, 5.41) is 9.62. The lowest BCUT2D eigenvalue weighted by atomic mass is 10.1. The number of carbonyl (C=O) groups is 1. The van der Waals surface area contributed by atoms with Crippen molar-refractivity contribution in [1.29, 1.82) is 0 Å². The van der Waals surface area contributed by atoms with E-state index in [1.165, 1.54) is 19.3 Å². The molecule has 2 heterocycles. The molecular weight excluding hydrogens is 330 g/mol. The number of amides is 1. The summed E-state index contributed by atoms with van der Waals surface area (Å²) < 4.78 is 5.68. The van der Waals surface area contributed by atoms with Crippen LogP contribution in [0.2, 0.25) is 0 Å². The van der Waals surface area contributed by atoms with Crippen molar-refractivity contribution < 1.29 is 9.21 Å². The van der Waals surface area contributed by atoms with E-state index in [-0.39, 0.29) is 17.9 Å². The molecule has 1 amide bonds. The Balaban J connectivity index is 1.44. The van der Waals surface area contributed by atoms with Crippen LogP contribution in [0.3, 0.4) is 0 Å². The monoisotopic (exact) mass is 361 g/mol. The number of furan rings is 1. The number of rotatable bonds is 8. The van der Waals surface area contributed by atoms with Crippen LogP contribution >= 0.6 is 0 Å². The summed E-state index contributed by atoms with van der Waals surface area (Å²) in [7, 11) is 1.76. The number of guanidine groups is 1. The minimum Gasteiger partial charge on any atom is -0.468 e. The molecule has 0 bridgehead atoms. The van der Waals surface area contributed by atoms with E-state index >= 15 is 0 Å². The van der Waals surface area contributed by atoms with Gasteiger partial charge in [0.1, 0.15) is 5.76 Å². The molecule has 1 aliphatic heterocycles. The average Bonchev–Trinajstić information content (AvgIpc) is 3.40. The zero-order valence-corrected chi connectivity index (χ0v) is 15.7. The van der Waals surface area contributed by atoms with Gasteiger partial charge in [0.05, 0.1) is 12.3 Å². The van der Waals surface area contributed by atoms with Gasteiger partial charge in [0.25, 0.3) is 0 Å². The maximum absolute atomic E-state index is 11.6. The first-order valence-electron chi connectivity index (χ1n) is 9.77. The van der Waals surface area contributed by atoms with Gasteiger partial charge in [0.2, 0.25) is 5.91 Å². The summed E-state index contributed by atoms with van der Waals surface area (Å²) in [5.74, 6) is 2.18. The minimum absolute atomic E-state index is 0.178. The van der Waals surface area contributed by atoms with Gasteiger partial charge in [0.15, 0.2) is 5.96 Å². The number of aliphatic imine (C=N–C) groups is 1. The summed E-state index contributed by atoms with van der Waals surface area (Å²) in [6, 6.07) is 4.20. The zero-order chi connectivity index (χ0) is 18.2. The largest absolute Gasteiger partial charge is 0.468 e. The Bertz CT molecular complexity index is 577. The van der Waals surface area contributed by atoms with Gasteiger partial charge in [-0.25, -0.2) is 0 Å². The number of nitrogens with one attached hydrogen (secondary N) is 3. The van der Waals surface area contributed by atoms with Crippen molar-refractivity contribution >= 4 is 11.9 Å². The van der Waals surface area contributed by atoms with Gasteiger partial charge >= 0.3 is 0 Å². The molecule has 3 rings (SSSR count). The zero-order valence-electron chi connectivity index (χ0n) is 15.7. The van der Waals surface area contributed by atoms with Gasteiger partial charge in [-0.15, -0.1) is 0 Å². The van der Waals surface area contributed by atoms with E-state index in [2.05, 4.69) is 25.8 Å². The third-order valence-corrected chi connectivity index (χ3v) is 5.05. The third kappa shape index (κ3) is 5.49. The fraction of sp³-hybridized carbons (Fsp3) is 0.684. The summed E-state index contributed by atoms with van der Waals surface area (Å²) in [5.41, 5.74) is 0. The molecule has 7 nitrogen and oxygen atoms in total. The normalized spacial score (nSPS) is 19.8. The summed E-state index contributed by atoms with van der Waals surface area (Å²) >= 11 is 0. The smallest absolute Gasteiger partial charge is 0.223 e. The van der Waals surface area contributed by atoms with Crippen molar-refractivity contribution in [2.75, 3.05) is 39.8 Å². The Morgan fingerprint density at radius 1 is 1.23 bits per heavy atom. The quantitative estimate of drug-likeness (QED) is 0.371. The molecule has 1 aromatic rings. The van der Waals surface area contributed by atoms with E-state index in [0.717, 1.165) is 44.2 Å². The highest BCUT2D eigenvalue weighted by molar-refractivity contribution is 5.81. The van der Waals surface area contributed by atoms with Crippen LogP contribution in [0.25, 0.3) is 0 Å². The molecule has 1 aliphatic carbocycles. The predicted octanol–water partition coefficient (Wildman–Crippen LogP) is 1.50. The molecule has 2 aliphatic rings. The molecule has 1 aromatic heterocycles. The van der Waals surface area contributed by atoms with Crippen LogP contribution in [0.4, 0.5) is 0 Å². The van der Waals surface area contributed by atoms with Gasteiger partial charge in [-0.1, -0.05) is 6.42 Å². The number of carbonyl (C=O) groups excluding carboxylic acids is 1. The Hall–Kier alpha value is -2.02. The van der Waals surface area contributed by atoms with Crippen molar-refractivity contribution in [3.05, 3.63) is 24.2 Å². The lowest BCUT2D eigenvalue weighted by Crippen LogP contribution is -2.46. The molecule has 7 heteroatoms. The van der Waals surface area contributed by atoms with E-state index < -0.39 is 0 Å². The Labute approximate surface area is 155 Å². The van der Waals surface area contributed by atoms with Crippen molar-refractivity contribution in [3.8, 4) is 0 Å². The molecule has 3 N–H and O–H groups in total. The van der Waals surface area contributed by atoms with E-state index in [4.69, 9.17) is 4.42 Å². The lowest BCUT2D eigenvalue weighted by molar-refractivity contribution is -0.122. The summed E-state index contributed by atoms with van der Waals surface area (Å²) in [6.07, 6.45) is 7.60. The fourth-order valence-electron chi connectivity index (χ4n) is 3.39. The SMILES string of the molecule is CN=C(NCCNC(=O)C1CC1)NCC(c1ccco1)N1CCCCC1. The number of nitrogens with zero attached hydrogens (tertiary/aromatic N) is 2. The van der Waals surface area contributed by atoms with E-state index in [9.17, 15) is 4.79 Å². The molecule has 144 valence electrons. The predicted molar refractivity (Wildman–Crippen MR) is 102 cm³/mol. The molecule has 0 spiro atoms. The molecule has 1 atom stereocenters. The van der Waals surface area contributed by atoms with Gasteiger partial charge in [0, 0.05) is 32.6 Å². The average molecular weight is 361 g/mol. The molecule has 26 heavy (non-hydrogen) atoms. The highest BCUT2D eigenvalue weighted by Crippen LogP contribution is 2.28. The first-order chi connectivity index (χ1) is 12.8. The minimum atomic E-state index is 0.178. The molecule has 0 radical (unpaired) electrons. The first-order valence-corrected chi connectivity index (χ1v) is 9.77. The number of hydrogen-bond acceptors (Lipinski definition) is 4. The van der Waals surface area contributed by atoms with Crippen molar-refractivity contribution in [3.63, 3.8) is 0 Å². The maximum atomic E-state index is 11.6. The van der Waals surface area contributed by atoms with Crippen molar-refractivity contribution in [1.82, 2.24) is 20.9 Å². The molecule has 1 saturated carbocycles. The molecule has 2 fully saturated rings. The third-order valence-electron chi connectivity index (χ3n) is 5.05. The van der Waals surface area contributed by atoms with Crippen molar-refractivity contribution in [2.24, 2.45) is 10.9 Å². The van der Waals surface area contributed by atoms with E-state index in [0.29, 0.717) is 13.1 Å². The second-order valence-corrected chi connectivity index (χ2v) is 7.07. The van der Waals surface area contributed by atoms with Crippen molar-refractivity contribution in [2.45, 2.75) is 38.1 Å². The first kappa shape index (κ1) is 18.8. The molecular formula is C19H31N5O2. The summed E-state index contributed by atoms with van der Waals surface area (Å²) in [6.45, 7) is 4.22. The van der Waals surface area contributed by atoms with Crippen LogP contribution in [0.1, 0.15) is 43.9 Å². The van der Waals surface area contributed by atoms with Crippen LogP contribution < -0.4 is 16.0 Å². The number of piperidine rings is 1. The molecule has 1 saturated heterocycles. The van der Waals surface area contributed by atoms with Crippen LogP contribution in [0.15, 0.2) is 27.8 Å². The second kappa shape index (κ2) is 9.62. The Kier molecular flexibility index (Phi) is 6.94. The lowest BCUT2D eigenvalue weighted by Gasteiger charge is -2.33. The Morgan fingerprint density at radius 2 is 2.00 bits per heavy atom. The highest BCUT2D eigenvalue weighted by atomic mass is 16.3. The number of likely N-dealkylation sites (tertiary alicyclic amines) is 1. The van der Waals surface area contributed by atoms with E-state index in [1.54, 1.807) is 13.3 Å².